The summed E-state index contributed by atoms with van der Waals surface area (Å²) in [7, 11) is 3.80. The van der Waals surface area contributed by atoms with E-state index in [4.69, 9.17) is 4.74 Å². The van der Waals surface area contributed by atoms with Crippen molar-refractivity contribution < 1.29 is 4.74 Å². The molecule has 2 rings (SSSR count). The summed E-state index contributed by atoms with van der Waals surface area (Å²) >= 11 is 0. The van der Waals surface area contributed by atoms with Crippen molar-refractivity contribution >= 4 is 0 Å². The average Bonchev–Trinajstić information content (AvgIpc) is 3.05. The van der Waals surface area contributed by atoms with Gasteiger partial charge in [-0.25, -0.2) is 0 Å². The number of likely N-dealkylation sites (N-methyl/N-ethyl adjacent to an activating group) is 1. The van der Waals surface area contributed by atoms with Gasteiger partial charge in [0, 0.05) is 6.04 Å². The van der Waals surface area contributed by atoms with Crippen molar-refractivity contribution in [3.63, 3.8) is 0 Å². The fraction of sp³-hybridized carbons (Fsp3) is 0.571. The molecule has 0 aliphatic heterocycles. The minimum atomic E-state index is 0.496. The second-order valence-corrected chi connectivity index (χ2v) is 5.01. The highest BCUT2D eigenvalue weighted by Crippen LogP contribution is 2.49. The molecule has 0 radical (unpaired) electrons. The number of para-hydroxylation sites is 1. The molecule has 1 N–H and O–H groups in total. The van der Waals surface area contributed by atoms with E-state index in [0.29, 0.717) is 11.5 Å². The molecule has 1 unspecified atom stereocenters. The van der Waals surface area contributed by atoms with Crippen molar-refractivity contribution in [1.29, 1.82) is 0 Å². The van der Waals surface area contributed by atoms with E-state index in [1.165, 1.54) is 18.4 Å². The Bertz CT molecular complexity index is 358. The van der Waals surface area contributed by atoms with E-state index < -0.39 is 0 Å². The summed E-state index contributed by atoms with van der Waals surface area (Å²) < 4.78 is 5.40. The van der Waals surface area contributed by atoms with Gasteiger partial charge in [0.1, 0.15) is 5.75 Å². The third-order valence-electron chi connectivity index (χ3n) is 3.84. The van der Waals surface area contributed by atoms with Crippen molar-refractivity contribution in [3.8, 4) is 5.75 Å². The molecular formula is C14H21NO. The van der Waals surface area contributed by atoms with Gasteiger partial charge in [-0.1, -0.05) is 25.1 Å². The normalized spacial score (nSPS) is 19.2. The zero-order chi connectivity index (χ0) is 11.6. The highest BCUT2D eigenvalue weighted by atomic mass is 16.5. The predicted octanol–water partition coefficient (Wildman–Crippen LogP) is 2.63. The lowest BCUT2D eigenvalue weighted by molar-refractivity contribution is 0.364. The monoisotopic (exact) mass is 219 g/mol. The van der Waals surface area contributed by atoms with Crippen molar-refractivity contribution in [3.05, 3.63) is 29.8 Å². The predicted molar refractivity (Wildman–Crippen MR) is 66.9 cm³/mol. The van der Waals surface area contributed by atoms with E-state index in [1.54, 1.807) is 7.11 Å². The number of nitrogens with one attached hydrogen (secondary N) is 1. The molecule has 16 heavy (non-hydrogen) atoms. The first-order valence-corrected chi connectivity index (χ1v) is 5.99. The smallest absolute Gasteiger partial charge is 0.122 e. The Hall–Kier alpha value is -1.02. The molecule has 1 aliphatic carbocycles. The number of hydrogen-bond donors (Lipinski definition) is 1. The summed E-state index contributed by atoms with van der Waals surface area (Å²) in [5.74, 6) is 1.01. The third-order valence-corrected chi connectivity index (χ3v) is 3.84. The van der Waals surface area contributed by atoms with Crippen LogP contribution in [0.4, 0.5) is 0 Å². The van der Waals surface area contributed by atoms with E-state index >= 15 is 0 Å². The van der Waals surface area contributed by atoms with E-state index in [9.17, 15) is 0 Å². The zero-order valence-electron chi connectivity index (χ0n) is 10.4. The van der Waals surface area contributed by atoms with Crippen LogP contribution in [0.2, 0.25) is 0 Å². The lowest BCUT2D eigenvalue weighted by atomic mass is 9.92. The molecule has 0 aromatic heterocycles. The maximum absolute atomic E-state index is 5.40. The lowest BCUT2D eigenvalue weighted by Crippen LogP contribution is -2.35. The van der Waals surface area contributed by atoms with E-state index in [0.717, 1.165) is 12.2 Å². The summed E-state index contributed by atoms with van der Waals surface area (Å²) in [5.41, 5.74) is 1.80. The van der Waals surface area contributed by atoms with E-state index in [2.05, 4.69) is 31.4 Å². The highest BCUT2D eigenvalue weighted by molar-refractivity contribution is 5.34. The molecule has 0 saturated heterocycles. The van der Waals surface area contributed by atoms with Crippen molar-refractivity contribution in [1.82, 2.24) is 5.32 Å². The molecule has 1 atom stereocenters. The zero-order valence-corrected chi connectivity index (χ0v) is 10.4. The standard InChI is InChI=1S/C14H21NO/c1-14(8-9-14)13(15-2)10-11-6-4-5-7-12(11)16-3/h4-7,13,15H,8-10H2,1-3H3. The molecule has 2 nitrogen and oxygen atoms in total. The molecule has 88 valence electrons. The van der Waals surface area contributed by atoms with Gasteiger partial charge in [-0.05, 0) is 43.4 Å². The Morgan fingerprint density at radius 1 is 1.38 bits per heavy atom. The minimum Gasteiger partial charge on any atom is -0.496 e. The van der Waals surface area contributed by atoms with Crippen LogP contribution in [-0.2, 0) is 6.42 Å². The van der Waals surface area contributed by atoms with Gasteiger partial charge in [0.05, 0.1) is 7.11 Å². The topological polar surface area (TPSA) is 21.3 Å². The number of methoxy groups -OCH3 is 1. The molecule has 1 fully saturated rings. The molecule has 1 saturated carbocycles. The van der Waals surface area contributed by atoms with Crippen LogP contribution >= 0.6 is 0 Å². The van der Waals surface area contributed by atoms with Crippen LogP contribution < -0.4 is 10.1 Å². The first-order valence-electron chi connectivity index (χ1n) is 5.99. The van der Waals surface area contributed by atoms with Gasteiger partial charge in [0.2, 0.25) is 0 Å². The second-order valence-electron chi connectivity index (χ2n) is 5.01. The number of benzene rings is 1. The molecule has 0 amide bonds. The van der Waals surface area contributed by atoms with E-state index in [-0.39, 0.29) is 0 Å². The van der Waals surface area contributed by atoms with Gasteiger partial charge in [-0.2, -0.15) is 0 Å². The van der Waals surface area contributed by atoms with Gasteiger partial charge in [-0.3, -0.25) is 0 Å². The summed E-state index contributed by atoms with van der Waals surface area (Å²) in [4.78, 5) is 0. The van der Waals surface area contributed by atoms with Gasteiger partial charge < -0.3 is 10.1 Å². The quantitative estimate of drug-likeness (QED) is 0.822. The molecule has 0 heterocycles. The highest BCUT2D eigenvalue weighted by Gasteiger charge is 2.44. The van der Waals surface area contributed by atoms with Gasteiger partial charge in [-0.15, -0.1) is 0 Å². The molecule has 1 aromatic rings. The van der Waals surface area contributed by atoms with Crippen molar-refractivity contribution in [2.24, 2.45) is 5.41 Å². The van der Waals surface area contributed by atoms with Crippen LogP contribution in [0, 0.1) is 5.41 Å². The SMILES string of the molecule is CNC(Cc1ccccc1OC)C1(C)CC1. The first-order chi connectivity index (χ1) is 7.69. The van der Waals surface area contributed by atoms with Crippen LogP contribution in [-0.4, -0.2) is 20.2 Å². The summed E-state index contributed by atoms with van der Waals surface area (Å²) in [6, 6.07) is 8.87. The minimum absolute atomic E-state index is 0.496. The second kappa shape index (κ2) is 4.46. The van der Waals surface area contributed by atoms with Gasteiger partial charge in [0.15, 0.2) is 0 Å². The van der Waals surface area contributed by atoms with Crippen LogP contribution in [0.25, 0.3) is 0 Å². The average molecular weight is 219 g/mol. The summed E-state index contributed by atoms with van der Waals surface area (Å²) in [5, 5.41) is 3.45. The lowest BCUT2D eigenvalue weighted by Gasteiger charge is -2.23. The molecule has 0 spiro atoms. The maximum atomic E-state index is 5.40. The molecule has 1 aliphatic rings. The van der Waals surface area contributed by atoms with Crippen LogP contribution in [0.5, 0.6) is 5.75 Å². The molecule has 1 aromatic carbocycles. The fourth-order valence-electron chi connectivity index (χ4n) is 2.33. The Balaban J connectivity index is 2.12. The maximum Gasteiger partial charge on any atom is 0.122 e. The largest absolute Gasteiger partial charge is 0.496 e. The molecular weight excluding hydrogens is 198 g/mol. The Kier molecular flexibility index (Phi) is 3.20. The number of rotatable bonds is 5. The number of hydrogen-bond acceptors (Lipinski definition) is 2. The molecule has 0 bridgehead atoms. The van der Waals surface area contributed by atoms with Crippen molar-refractivity contribution in [2.75, 3.05) is 14.2 Å². The van der Waals surface area contributed by atoms with Gasteiger partial charge in [0.25, 0.3) is 0 Å². The number of ether oxygens (including phenoxy) is 1. The Labute approximate surface area is 98.0 Å². The van der Waals surface area contributed by atoms with Crippen LogP contribution in [0.3, 0.4) is 0 Å². The Morgan fingerprint density at radius 2 is 2.06 bits per heavy atom. The van der Waals surface area contributed by atoms with Gasteiger partial charge >= 0.3 is 0 Å². The molecule has 2 heteroatoms. The summed E-state index contributed by atoms with van der Waals surface area (Å²) in [6.07, 6.45) is 3.73. The first kappa shape index (κ1) is 11.5. The third kappa shape index (κ3) is 2.22. The Morgan fingerprint density at radius 3 is 2.62 bits per heavy atom. The van der Waals surface area contributed by atoms with E-state index in [1.807, 2.05) is 12.1 Å². The van der Waals surface area contributed by atoms with Crippen molar-refractivity contribution in [2.45, 2.75) is 32.2 Å². The van der Waals surface area contributed by atoms with Crippen LogP contribution in [0.15, 0.2) is 24.3 Å². The van der Waals surface area contributed by atoms with Crippen LogP contribution in [0.1, 0.15) is 25.3 Å². The summed E-state index contributed by atoms with van der Waals surface area (Å²) in [6.45, 7) is 2.36. The fourth-order valence-corrected chi connectivity index (χ4v) is 2.33.